The molecule has 2 heteroatoms. The summed E-state index contributed by atoms with van der Waals surface area (Å²) in [5.74, 6) is 0. The summed E-state index contributed by atoms with van der Waals surface area (Å²) in [5.41, 5.74) is 5.38. The molecule has 0 aliphatic carbocycles. The van der Waals surface area contributed by atoms with Crippen LogP contribution in [0.5, 0.6) is 0 Å². The summed E-state index contributed by atoms with van der Waals surface area (Å²) in [5, 5.41) is 9.34. The van der Waals surface area contributed by atoms with Crippen LogP contribution in [0.15, 0.2) is 0 Å². The number of rotatable bonds is 1. The quantitative estimate of drug-likeness (QED) is 0.551. The topological polar surface area (TPSA) is 46.2 Å². The van der Waals surface area contributed by atoms with E-state index in [0.717, 1.165) is 0 Å². The van der Waals surface area contributed by atoms with E-state index in [9.17, 15) is 5.11 Å². The van der Waals surface area contributed by atoms with E-state index in [2.05, 4.69) is 0 Å². The second-order valence-corrected chi connectivity index (χ2v) is 3.67. The van der Waals surface area contributed by atoms with Crippen molar-refractivity contribution in [2.75, 3.05) is 0 Å². The highest BCUT2D eigenvalue weighted by atomic mass is 16.3. The van der Waals surface area contributed by atoms with Crippen LogP contribution in [0, 0.1) is 5.41 Å². The fourth-order valence-electron chi connectivity index (χ4n) is 0.789. The molecule has 0 aromatic heterocycles. The molecule has 3 N–H and O–H groups in total. The van der Waals surface area contributed by atoms with Crippen LogP contribution in [-0.2, 0) is 0 Å². The first-order valence-electron chi connectivity index (χ1n) is 3.29. The van der Waals surface area contributed by atoms with Gasteiger partial charge in [0.25, 0.3) is 0 Å². The third-order valence-electron chi connectivity index (χ3n) is 1.39. The molecule has 2 atom stereocenters. The molecule has 0 amide bonds. The molecule has 0 aliphatic heterocycles. The van der Waals surface area contributed by atoms with Gasteiger partial charge in [-0.1, -0.05) is 20.8 Å². The molecule has 56 valence electrons. The van der Waals surface area contributed by atoms with Crippen molar-refractivity contribution >= 4 is 0 Å². The zero-order chi connectivity index (χ0) is 7.65. The average molecular weight is 131 g/mol. The Labute approximate surface area is 57.1 Å². The van der Waals surface area contributed by atoms with Crippen LogP contribution in [0.4, 0.5) is 0 Å². The van der Waals surface area contributed by atoms with Gasteiger partial charge in [0.05, 0.1) is 6.10 Å². The first-order chi connectivity index (χ1) is 3.85. The highest BCUT2D eigenvalue weighted by molar-refractivity contribution is 4.78. The van der Waals surface area contributed by atoms with Crippen LogP contribution in [-0.4, -0.2) is 17.3 Å². The Morgan fingerprint density at radius 1 is 1.33 bits per heavy atom. The second-order valence-electron chi connectivity index (χ2n) is 3.67. The molecule has 0 bridgehead atoms. The lowest BCUT2D eigenvalue weighted by Gasteiger charge is -2.28. The second kappa shape index (κ2) is 2.67. The molecular weight excluding hydrogens is 114 g/mol. The predicted octanol–water partition coefficient (Wildman–Crippen LogP) is 0.741. The molecule has 9 heavy (non-hydrogen) atoms. The van der Waals surface area contributed by atoms with Gasteiger partial charge in [-0.05, 0) is 12.3 Å². The number of hydrogen-bond donors (Lipinski definition) is 2. The lowest BCUT2D eigenvalue weighted by atomic mass is 9.86. The van der Waals surface area contributed by atoms with E-state index in [1.54, 1.807) is 0 Å². The molecule has 0 saturated heterocycles. The Hall–Kier alpha value is -0.0800. The monoisotopic (exact) mass is 131 g/mol. The highest BCUT2D eigenvalue weighted by Gasteiger charge is 2.24. The summed E-state index contributed by atoms with van der Waals surface area (Å²) in [6.45, 7) is 7.74. The van der Waals surface area contributed by atoms with E-state index in [0.29, 0.717) is 0 Å². The minimum atomic E-state index is -0.405. The van der Waals surface area contributed by atoms with Crippen molar-refractivity contribution in [3.05, 3.63) is 0 Å². The van der Waals surface area contributed by atoms with Gasteiger partial charge < -0.3 is 10.8 Å². The Kier molecular flexibility index (Phi) is 2.65. The molecule has 0 heterocycles. The third kappa shape index (κ3) is 2.82. The Bertz CT molecular complexity index is 83.4. The van der Waals surface area contributed by atoms with Crippen molar-refractivity contribution in [3.63, 3.8) is 0 Å². The molecule has 0 radical (unpaired) electrons. The van der Waals surface area contributed by atoms with Gasteiger partial charge in [0.1, 0.15) is 0 Å². The standard InChI is InChI=1S/C7H17NO/c1-5(8)6(9)7(2,3)4/h5-6,9H,8H2,1-4H3/t5-,6+/m1/s1. The predicted molar refractivity (Wildman–Crippen MR) is 39.1 cm³/mol. The Morgan fingerprint density at radius 2 is 1.67 bits per heavy atom. The van der Waals surface area contributed by atoms with Gasteiger partial charge in [0.15, 0.2) is 0 Å². The zero-order valence-corrected chi connectivity index (χ0v) is 6.68. The molecular formula is C7H17NO. The molecule has 2 nitrogen and oxygen atoms in total. The summed E-state index contributed by atoms with van der Waals surface area (Å²) >= 11 is 0. The summed E-state index contributed by atoms with van der Waals surface area (Å²) in [4.78, 5) is 0. The summed E-state index contributed by atoms with van der Waals surface area (Å²) < 4.78 is 0. The van der Waals surface area contributed by atoms with Gasteiger partial charge in [-0.2, -0.15) is 0 Å². The summed E-state index contributed by atoms with van der Waals surface area (Å²) in [7, 11) is 0. The maximum absolute atomic E-state index is 9.34. The van der Waals surface area contributed by atoms with Gasteiger partial charge in [0, 0.05) is 6.04 Å². The number of nitrogens with two attached hydrogens (primary N) is 1. The molecule has 0 aliphatic rings. The largest absolute Gasteiger partial charge is 0.391 e. The number of aliphatic hydroxyl groups is 1. The summed E-state index contributed by atoms with van der Waals surface area (Å²) in [6.07, 6.45) is -0.405. The average Bonchev–Trinajstić information content (AvgIpc) is 1.62. The van der Waals surface area contributed by atoms with Crippen LogP contribution in [0.2, 0.25) is 0 Å². The van der Waals surface area contributed by atoms with E-state index in [1.807, 2.05) is 27.7 Å². The van der Waals surface area contributed by atoms with Crippen LogP contribution < -0.4 is 5.73 Å². The molecule has 0 unspecified atom stereocenters. The van der Waals surface area contributed by atoms with Crippen molar-refractivity contribution in [2.45, 2.75) is 39.8 Å². The van der Waals surface area contributed by atoms with Crippen LogP contribution >= 0.6 is 0 Å². The van der Waals surface area contributed by atoms with Gasteiger partial charge in [-0.3, -0.25) is 0 Å². The van der Waals surface area contributed by atoms with Gasteiger partial charge in [-0.25, -0.2) is 0 Å². The van der Waals surface area contributed by atoms with E-state index < -0.39 is 6.10 Å². The van der Waals surface area contributed by atoms with Crippen molar-refractivity contribution in [3.8, 4) is 0 Å². The first-order valence-corrected chi connectivity index (χ1v) is 3.29. The molecule has 0 saturated carbocycles. The molecule has 0 spiro atoms. The van der Waals surface area contributed by atoms with Crippen LogP contribution in [0.1, 0.15) is 27.7 Å². The first kappa shape index (κ1) is 8.92. The Balaban J connectivity index is 3.88. The van der Waals surface area contributed by atoms with E-state index in [4.69, 9.17) is 5.73 Å². The van der Waals surface area contributed by atoms with Crippen molar-refractivity contribution < 1.29 is 5.11 Å². The van der Waals surface area contributed by atoms with Gasteiger partial charge >= 0.3 is 0 Å². The van der Waals surface area contributed by atoms with Crippen molar-refractivity contribution in [2.24, 2.45) is 11.1 Å². The fraction of sp³-hybridized carbons (Fsp3) is 1.00. The molecule has 0 aromatic carbocycles. The molecule has 0 rings (SSSR count). The molecule has 0 aromatic rings. The van der Waals surface area contributed by atoms with Crippen molar-refractivity contribution in [1.82, 2.24) is 0 Å². The number of hydrogen-bond acceptors (Lipinski definition) is 2. The van der Waals surface area contributed by atoms with Crippen molar-refractivity contribution in [1.29, 1.82) is 0 Å². The minimum Gasteiger partial charge on any atom is -0.391 e. The van der Waals surface area contributed by atoms with E-state index in [-0.39, 0.29) is 11.5 Å². The van der Waals surface area contributed by atoms with Crippen LogP contribution in [0.3, 0.4) is 0 Å². The highest BCUT2D eigenvalue weighted by Crippen LogP contribution is 2.20. The maximum atomic E-state index is 9.34. The van der Waals surface area contributed by atoms with Gasteiger partial charge in [0.2, 0.25) is 0 Å². The van der Waals surface area contributed by atoms with E-state index >= 15 is 0 Å². The Morgan fingerprint density at radius 3 is 1.67 bits per heavy atom. The maximum Gasteiger partial charge on any atom is 0.0736 e. The molecule has 0 fully saturated rings. The smallest absolute Gasteiger partial charge is 0.0736 e. The summed E-state index contributed by atoms with van der Waals surface area (Å²) in [6, 6.07) is -0.134. The lowest BCUT2D eigenvalue weighted by Crippen LogP contribution is -2.41. The minimum absolute atomic E-state index is 0.0891. The fourth-order valence-corrected chi connectivity index (χ4v) is 0.789. The third-order valence-corrected chi connectivity index (χ3v) is 1.39. The normalized spacial score (nSPS) is 19.3. The van der Waals surface area contributed by atoms with Crippen LogP contribution in [0.25, 0.3) is 0 Å². The van der Waals surface area contributed by atoms with E-state index in [1.165, 1.54) is 0 Å². The lowest BCUT2D eigenvalue weighted by molar-refractivity contribution is 0.0455. The zero-order valence-electron chi connectivity index (χ0n) is 6.68. The number of aliphatic hydroxyl groups excluding tert-OH is 1. The van der Waals surface area contributed by atoms with Gasteiger partial charge in [-0.15, -0.1) is 0 Å². The SMILES string of the molecule is C[C@@H](N)[C@H](O)C(C)(C)C.